The number of primary amides is 1. The predicted octanol–water partition coefficient (Wildman–Crippen LogP) is 3.91. The van der Waals surface area contributed by atoms with Crippen LogP contribution in [0.4, 0.5) is 0 Å². The quantitative estimate of drug-likeness (QED) is 0.731. The van der Waals surface area contributed by atoms with Crippen molar-refractivity contribution >= 4 is 5.91 Å². The van der Waals surface area contributed by atoms with Crippen molar-refractivity contribution in [3.8, 4) is 11.6 Å². The maximum Gasteiger partial charge on any atom is 0.250 e. The molecule has 1 aliphatic heterocycles. The lowest BCUT2D eigenvalue weighted by Gasteiger charge is -2.29. The van der Waals surface area contributed by atoms with Crippen molar-refractivity contribution in [3.63, 3.8) is 0 Å². The Morgan fingerprint density at radius 1 is 1.23 bits per heavy atom. The van der Waals surface area contributed by atoms with E-state index in [4.69, 9.17) is 10.5 Å². The summed E-state index contributed by atoms with van der Waals surface area (Å²) in [6.45, 7) is 5.45. The summed E-state index contributed by atoms with van der Waals surface area (Å²) in [5, 5.41) is 0. The second kappa shape index (κ2) is 8.81. The minimum absolute atomic E-state index is 0.381. The van der Waals surface area contributed by atoms with Gasteiger partial charge in [0.25, 0.3) is 0 Å². The van der Waals surface area contributed by atoms with E-state index in [1.165, 1.54) is 49.6 Å². The van der Waals surface area contributed by atoms with Crippen LogP contribution in [0.3, 0.4) is 0 Å². The van der Waals surface area contributed by atoms with Crippen LogP contribution in [0.5, 0.6) is 11.6 Å². The van der Waals surface area contributed by atoms with Gasteiger partial charge in [0.2, 0.25) is 11.8 Å². The summed E-state index contributed by atoms with van der Waals surface area (Å²) in [7, 11) is 0. The summed E-state index contributed by atoms with van der Waals surface area (Å²) in [5.74, 6) is 0.845. The van der Waals surface area contributed by atoms with E-state index in [1.807, 2.05) is 12.1 Å². The van der Waals surface area contributed by atoms with Crippen molar-refractivity contribution < 1.29 is 9.53 Å². The van der Waals surface area contributed by atoms with Crippen LogP contribution in [0.25, 0.3) is 0 Å². The molecule has 0 aliphatic carbocycles. The molecule has 1 aliphatic rings. The Kier molecular flexibility index (Phi) is 6.23. The van der Waals surface area contributed by atoms with Gasteiger partial charge in [-0.2, -0.15) is 0 Å². The Labute approximate surface area is 155 Å². The number of aromatic nitrogens is 1. The minimum Gasteiger partial charge on any atom is -0.439 e. The van der Waals surface area contributed by atoms with Crippen molar-refractivity contribution in [2.75, 3.05) is 13.1 Å². The minimum atomic E-state index is -0.486. The van der Waals surface area contributed by atoms with Gasteiger partial charge >= 0.3 is 0 Å². The van der Waals surface area contributed by atoms with E-state index < -0.39 is 5.91 Å². The highest BCUT2D eigenvalue weighted by Crippen LogP contribution is 2.31. The van der Waals surface area contributed by atoms with Crippen LogP contribution in [0.1, 0.15) is 54.1 Å². The molecule has 2 heterocycles. The molecule has 1 amide bonds. The number of pyridine rings is 1. The fraction of sp³-hybridized carbons (Fsp3) is 0.429. The fourth-order valence-electron chi connectivity index (χ4n) is 3.38. The average molecular weight is 353 g/mol. The van der Waals surface area contributed by atoms with Gasteiger partial charge in [0.1, 0.15) is 5.75 Å². The van der Waals surface area contributed by atoms with Gasteiger partial charge in [-0.25, -0.2) is 4.98 Å². The van der Waals surface area contributed by atoms with Gasteiger partial charge in [0.05, 0.1) is 5.56 Å². The molecule has 0 saturated heterocycles. The number of carbonyl (C=O) groups excluding carboxylic acids is 1. The first-order valence-corrected chi connectivity index (χ1v) is 9.44. The molecule has 0 saturated carbocycles. The van der Waals surface area contributed by atoms with Crippen LogP contribution in [0.15, 0.2) is 36.5 Å². The van der Waals surface area contributed by atoms with E-state index in [2.05, 4.69) is 22.9 Å². The van der Waals surface area contributed by atoms with Crippen molar-refractivity contribution in [1.82, 2.24) is 9.88 Å². The van der Waals surface area contributed by atoms with Gasteiger partial charge < -0.3 is 10.5 Å². The molecular weight excluding hydrogens is 326 g/mol. The van der Waals surface area contributed by atoms with Crippen LogP contribution < -0.4 is 10.5 Å². The third-order valence-electron chi connectivity index (χ3n) is 4.87. The van der Waals surface area contributed by atoms with Gasteiger partial charge in [-0.3, -0.25) is 9.69 Å². The zero-order chi connectivity index (χ0) is 18.4. The zero-order valence-electron chi connectivity index (χ0n) is 15.4. The van der Waals surface area contributed by atoms with E-state index in [1.54, 1.807) is 12.1 Å². The topological polar surface area (TPSA) is 68.5 Å². The van der Waals surface area contributed by atoms with E-state index >= 15 is 0 Å². The Balaban J connectivity index is 1.65. The monoisotopic (exact) mass is 353 g/mol. The first kappa shape index (κ1) is 18.4. The number of rotatable bonds is 8. The maximum atomic E-state index is 11.1. The van der Waals surface area contributed by atoms with Crippen molar-refractivity contribution in [1.29, 1.82) is 0 Å². The molecule has 2 aromatic rings. The molecule has 2 N–H and O–H groups in total. The molecule has 0 radical (unpaired) electrons. The number of carbonyl (C=O) groups is 1. The molecule has 0 fully saturated rings. The summed E-state index contributed by atoms with van der Waals surface area (Å²) in [4.78, 5) is 17.9. The summed E-state index contributed by atoms with van der Waals surface area (Å²) in [6.07, 6.45) is 7.62. The van der Waals surface area contributed by atoms with Crippen LogP contribution in [-0.2, 0) is 13.0 Å². The number of amides is 1. The molecule has 3 rings (SSSR count). The van der Waals surface area contributed by atoms with Gasteiger partial charge in [-0.1, -0.05) is 38.3 Å². The molecule has 0 spiro atoms. The summed E-state index contributed by atoms with van der Waals surface area (Å²) >= 11 is 0. The van der Waals surface area contributed by atoms with E-state index in [0.29, 0.717) is 11.4 Å². The van der Waals surface area contributed by atoms with Gasteiger partial charge in [-0.05, 0) is 37.1 Å². The van der Waals surface area contributed by atoms with Crippen LogP contribution in [-0.4, -0.2) is 28.9 Å². The molecule has 5 nitrogen and oxygen atoms in total. The lowest BCUT2D eigenvalue weighted by Crippen LogP contribution is -2.31. The number of ether oxygens (including phenoxy) is 1. The second-order valence-corrected chi connectivity index (χ2v) is 6.83. The first-order chi connectivity index (χ1) is 12.7. The Morgan fingerprint density at radius 2 is 2.12 bits per heavy atom. The fourth-order valence-corrected chi connectivity index (χ4v) is 3.38. The largest absolute Gasteiger partial charge is 0.439 e. The van der Waals surface area contributed by atoms with Gasteiger partial charge in [0, 0.05) is 30.9 Å². The third kappa shape index (κ3) is 4.61. The Hall–Kier alpha value is -2.40. The van der Waals surface area contributed by atoms with Gasteiger partial charge in [0.15, 0.2) is 0 Å². The first-order valence-electron chi connectivity index (χ1n) is 9.44. The zero-order valence-corrected chi connectivity index (χ0v) is 15.4. The molecule has 1 aromatic carbocycles. The van der Waals surface area contributed by atoms with Crippen molar-refractivity contribution in [2.24, 2.45) is 5.73 Å². The number of nitrogens with two attached hydrogens (primary N) is 1. The third-order valence-corrected chi connectivity index (χ3v) is 4.87. The Morgan fingerprint density at radius 3 is 2.85 bits per heavy atom. The summed E-state index contributed by atoms with van der Waals surface area (Å²) in [5.41, 5.74) is 8.22. The van der Waals surface area contributed by atoms with Gasteiger partial charge in [-0.15, -0.1) is 0 Å². The van der Waals surface area contributed by atoms with E-state index in [0.717, 1.165) is 25.3 Å². The normalized spacial score (nSPS) is 14.0. The summed E-state index contributed by atoms with van der Waals surface area (Å²) in [6, 6.07) is 9.52. The number of benzene rings is 1. The number of unbranched alkanes of at least 4 members (excludes halogenated alkanes) is 3. The van der Waals surface area contributed by atoms with Crippen LogP contribution in [0, 0.1) is 0 Å². The van der Waals surface area contributed by atoms with Crippen LogP contribution >= 0.6 is 0 Å². The number of hydrogen-bond acceptors (Lipinski definition) is 4. The Bertz CT molecular complexity index is 743. The maximum absolute atomic E-state index is 11.1. The second-order valence-electron chi connectivity index (χ2n) is 6.83. The molecule has 26 heavy (non-hydrogen) atoms. The molecule has 0 unspecified atom stereocenters. The predicted molar refractivity (Wildman–Crippen MR) is 102 cm³/mol. The molecule has 5 heteroatoms. The SMILES string of the molecule is CCCCCCN1CCc2c(cccc2Oc2ccc(C(N)=O)cn2)C1. The molecular formula is C21H27N3O2. The molecule has 0 atom stereocenters. The molecule has 0 bridgehead atoms. The number of hydrogen-bond donors (Lipinski definition) is 1. The lowest BCUT2D eigenvalue weighted by molar-refractivity contribution is 0.1000. The highest BCUT2D eigenvalue weighted by molar-refractivity contribution is 5.92. The van der Waals surface area contributed by atoms with E-state index in [-0.39, 0.29) is 0 Å². The summed E-state index contributed by atoms with van der Waals surface area (Å²) < 4.78 is 5.98. The standard InChI is InChI=1S/C21H27N3O2/c1-2-3-4-5-12-24-13-11-18-17(15-24)7-6-8-19(18)26-20-10-9-16(14-23-20)21(22)25/h6-10,14H,2-5,11-13,15H2,1H3,(H2,22,25). The van der Waals surface area contributed by atoms with Crippen LogP contribution in [0.2, 0.25) is 0 Å². The van der Waals surface area contributed by atoms with Crippen molar-refractivity contribution in [3.05, 3.63) is 53.2 Å². The highest BCUT2D eigenvalue weighted by atomic mass is 16.5. The number of nitrogens with zero attached hydrogens (tertiary/aromatic N) is 2. The number of fused-ring (bicyclic) bond motifs is 1. The highest BCUT2D eigenvalue weighted by Gasteiger charge is 2.19. The molecule has 1 aromatic heterocycles. The molecule has 138 valence electrons. The average Bonchev–Trinajstić information content (AvgIpc) is 2.66. The van der Waals surface area contributed by atoms with E-state index in [9.17, 15) is 4.79 Å². The lowest BCUT2D eigenvalue weighted by atomic mass is 9.98. The smallest absolute Gasteiger partial charge is 0.250 e. The van der Waals surface area contributed by atoms with Crippen molar-refractivity contribution in [2.45, 2.75) is 45.6 Å².